The summed E-state index contributed by atoms with van der Waals surface area (Å²) in [6.07, 6.45) is 8.54. The second-order valence-electron chi connectivity index (χ2n) is 14.1. The van der Waals surface area contributed by atoms with E-state index in [-0.39, 0.29) is 5.48 Å². The fraction of sp³-hybridized carbons (Fsp3) is 0.318. The molecule has 0 aliphatic carbocycles. The van der Waals surface area contributed by atoms with Gasteiger partial charge in [0.05, 0.1) is 25.6 Å². The van der Waals surface area contributed by atoms with E-state index in [4.69, 9.17) is 29.8 Å². The molecule has 2 aliphatic heterocycles. The number of likely N-dealkylation sites (tertiary alicyclic amines) is 2. The fourth-order valence-corrected chi connectivity index (χ4v) is 7.59. The van der Waals surface area contributed by atoms with Gasteiger partial charge in [-0.3, -0.25) is 19.8 Å². The lowest BCUT2D eigenvalue weighted by atomic mass is 10.1. The smallest absolute Gasteiger partial charge is 0.214 e. The largest absolute Gasteiger partial charge is 0.495 e. The van der Waals surface area contributed by atoms with Crippen molar-refractivity contribution in [2.24, 2.45) is 21.5 Å². The summed E-state index contributed by atoms with van der Waals surface area (Å²) in [6, 6.07) is 28.4. The number of nitrogens with two attached hydrogens (primary N) is 2. The number of methoxy groups -OCH3 is 2. The van der Waals surface area contributed by atoms with Gasteiger partial charge in [-0.25, -0.2) is 9.80 Å². The van der Waals surface area contributed by atoms with Crippen LogP contribution in [0.5, 0.6) is 11.5 Å². The van der Waals surface area contributed by atoms with Crippen LogP contribution in [0.25, 0.3) is 21.5 Å². The average molecular weight is 775 g/mol. The SMILES string of the molecule is CN=C(N)N(c1cc(CN2CCCC2)ccc1OC)c1occ2ccccc12.CN=C(N)N(c1cc(CN2CCCC2)ccc1OC)c1occ2ccccc12.O. The van der Waals surface area contributed by atoms with Crippen molar-refractivity contribution in [1.29, 1.82) is 0 Å². The minimum atomic E-state index is 0. The monoisotopic (exact) mass is 774 g/mol. The Morgan fingerprint density at radius 3 is 1.37 bits per heavy atom. The van der Waals surface area contributed by atoms with Crippen LogP contribution < -0.4 is 30.7 Å². The molecule has 6 aromatic rings. The zero-order chi connectivity index (χ0) is 39.0. The predicted octanol–water partition coefficient (Wildman–Crippen LogP) is 7.41. The Bertz CT molecular complexity index is 2140. The molecule has 0 atom stereocenters. The van der Waals surface area contributed by atoms with Crippen molar-refractivity contribution in [3.63, 3.8) is 0 Å². The molecule has 8 rings (SSSR count). The molecular weight excluding hydrogens is 721 g/mol. The number of furan rings is 2. The quantitative estimate of drug-likeness (QED) is 0.106. The molecule has 6 N–H and O–H groups in total. The van der Waals surface area contributed by atoms with Gasteiger partial charge in [0.1, 0.15) is 24.0 Å². The van der Waals surface area contributed by atoms with Gasteiger partial charge in [-0.1, -0.05) is 48.5 Å². The molecule has 2 saturated heterocycles. The summed E-state index contributed by atoms with van der Waals surface area (Å²) in [4.78, 5) is 17.1. The molecule has 13 heteroatoms. The molecule has 4 aromatic carbocycles. The predicted molar refractivity (Wildman–Crippen MR) is 230 cm³/mol. The maximum absolute atomic E-state index is 6.32. The lowest BCUT2D eigenvalue weighted by Gasteiger charge is -2.24. The molecule has 2 aromatic heterocycles. The third kappa shape index (κ3) is 8.86. The number of hydrogen-bond acceptors (Lipinski definition) is 8. The zero-order valence-corrected chi connectivity index (χ0v) is 33.3. The molecule has 0 amide bonds. The van der Waals surface area contributed by atoms with E-state index >= 15 is 0 Å². The van der Waals surface area contributed by atoms with E-state index in [0.29, 0.717) is 23.7 Å². The molecule has 0 bridgehead atoms. The van der Waals surface area contributed by atoms with Crippen molar-refractivity contribution in [3.05, 3.63) is 109 Å². The second kappa shape index (κ2) is 18.7. The van der Waals surface area contributed by atoms with Crippen LogP contribution in [0, 0.1) is 0 Å². The van der Waals surface area contributed by atoms with Crippen LogP contribution in [0.4, 0.5) is 23.1 Å². The van der Waals surface area contributed by atoms with Gasteiger partial charge in [-0.15, -0.1) is 0 Å². The Kier molecular flexibility index (Phi) is 13.4. The number of aliphatic imine (C=N–C) groups is 2. The summed E-state index contributed by atoms with van der Waals surface area (Å²) >= 11 is 0. The van der Waals surface area contributed by atoms with Gasteiger partial charge >= 0.3 is 0 Å². The van der Waals surface area contributed by atoms with Crippen molar-refractivity contribution in [3.8, 4) is 11.5 Å². The van der Waals surface area contributed by atoms with Crippen molar-refractivity contribution in [2.45, 2.75) is 38.8 Å². The lowest BCUT2D eigenvalue weighted by molar-refractivity contribution is 0.331. The van der Waals surface area contributed by atoms with E-state index in [1.54, 1.807) is 40.8 Å². The van der Waals surface area contributed by atoms with E-state index in [0.717, 1.165) is 83.7 Å². The number of guanidine groups is 2. The van der Waals surface area contributed by atoms with Gasteiger partial charge in [0, 0.05) is 48.7 Å². The molecule has 0 saturated carbocycles. The van der Waals surface area contributed by atoms with Crippen LogP contribution in [-0.4, -0.2) is 81.7 Å². The number of anilines is 4. The minimum absolute atomic E-state index is 0. The number of nitrogens with zero attached hydrogens (tertiary/aromatic N) is 6. The van der Waals surface area contributed by atoms with Crippen LogP contribution in [0.15, 0.2) is 116 Å². The molecule has 300 valence electrons. The van der Waals surface area contributed by atoms with Gasteiger partial charge in [0.15, 0.2) is 0 Å². The van der Waals surface area contributed by atoms with Crippen molar-refractivity contribution >= 4 is 56.6 Å². The summed E-state index contributed by atoms with van der Waals surface area (Å²) in [5.74, 6) is 3.40. The molecule has 0 unspecified atom stereocenters. The van der Waals surface area contributed by atoms with Crippen molar-refractivity contribution in [1.82, 2.24) is 9.80 Å². The minimum Gasteiger partial charge on any atom is -0.495 e. The van der Waals surface area contributed by atoms with Gasteiger partial charge in [0.25, 0.3) is 0 Å². The first-order chi connectivity index (χ1) is 27.4. The van der Waals surface area contributed by atoms with Crippen LogP contribution in [-0.2, 0) is 13.1 Å². The summed E-state index contributed by atoms with van der Waals surface area (Å²) in [5, 5.41) is 3.97. The zero-order valence-electron chi connectivity index (χ0n) is 33.3. The van der Waals surface area contributed by atoms with Crippen LogP contribution >= 0.6 is 0 Å². The molecule has 0 spiro atoms. The highest BCUT2D eigenvalue weighted by Gasteiger charge is 2.26. The highest BCUT2D eigenvalue weighted by molar-refractivity contribution is 6.09. The number of rotatable bonds is 10. The molecule has 2 aliphatic rings. The van der Waals surface area contributed by atoms with Crippen LogP contribution in [0.2, 0.25) is 0 Å². The molecular formula is C44H54N8O5. The Morgan fingerprint density at radius 1 is 0.614 bits per heavy atom. The summed E-state index contributed by atoms with van der Waals surface area (Å²) in [6.45, 7) is 6.40. The number of fused-ring (bicyclic) bond motifs is 2. The van der Waals surface area contributed by atoms with E-state index in [9.17, 15) is 0 Å². The molecule has 0 radical (unpaired) electrons. The van der Waals surface area contributed by atoms with Gasteiger partial charge in [-0.05, 0) is 99.4 Å². The molecule has 13 nitrogen and oxygen atoms in total. The highest BCUT2D eigenvalue weighted by Crippen LogP contribution is 2.41. The number of hydrogen-bond donors (Lipinski definition) is 2. The summed E-state index contributed by atoms with van der Waals surface area (Å²) in [5.41, 5.74) is 16.7. The number of benzene rings is 4. The standard InChI is InChI=1S/2C22H26N4O2.H2O/c2*1-24-22(23)26(21-18-8-4-3-7-17(18)15-28-21)19-13-16(9-10-20(19)27-2)14-25-11-5-6-12-25;/h2*3-4,7-10,13,15H,5-6,11-12,14H2,1-2H3,(H2,23,24);1H2. The van der Waals surface area contributed by atoms with Crippen molar-refractivity contribution < 1.29 is 23.8 Å². The fourth-order valence-electron chi connectivity index (χ4n) is 7.59. The average Bonchev–Trinajstić information content (AvgIpc) is 4.08. The van der Waals surface area contributed by atoms with Gasteiger partial charge in [-0.2, -0.15) is 0 Å². The van der Waals surface area contributed by atoms with Gasteiger partial charge in [0.2, 0.25) is 23.7 Å². The highest BCUT2D eigenvalue weighted by atomic mass is 16.5. The molecule has 4 heterocycles. The topological polar surface area (TPSA) is 166 Å². The van der Waals surface area contributed by atoms with Crippen molar-refractivity contribution in [2.75, 3.05) is 64.3 Å². The Hall–Kier alpha value is -6.02. The van der Waals surface area contributed by atoms with Gasteiger partial charge < -0.3 is 35.3 Å². The summed E-state index contributed by atoms with van der Waals surface area (Å²) in [7, 11) is 6.68. The van der Waals surface area contributed by atoms with E-state index in [1.807, 2.05) is 70.5 Å². The van der Waals surface area contributed by atoms with E-state index in [2.05, 4.69) is 44.1 Å². The lowest BCUT2D eigenvalue weighted by Crippen LogP contribution is -2.33. The first-order valence-corrected chi connectivity index (χ1v) is 19.2. The first-order valence-electron chi connectivity index (χ1n) is 19.2. The second-order valence-corrected chi connectivity index (χ2v) is 14.1. The maximum atomic E-state index is 6.32. The van der Waals surface area contributed by atoms with Crippen LogP contribution in [0.1, 0.15) is 36.8 Å². The van der Waals surface area contributed by atoms with Crippen LogP contribution in [0.3, 0.4) is 0 Å². The van der Waals surface area contributed by atoms with E-state index in [1.165, 1.54) is 36.8 Å². The third-order valence-corrected chi connectivity index (χ3v) is 10.5. The summed E-state index contributed by atoms with van der Waals surface area (Å²) < 4.78 is 23.2. The Morgan fingerprint density at radius 2 is 1.00 bits per heavy atom. The first kappa shape index (κ1) is 40.6. The Labute approximate surface area is 334 Å². The normalized spacial score (nSPS) is 15.0. The molecule has 57 heavy (non-hydrogen) atoms. The number of ether oxygens (including phenoxy) is 2. The van der Waals surface area contributed by atoms with E-state index < -0.39 is 0 Å². The molecule has 2 fully saturated rings. The maximum Gasteiger partial charge on any atom is 0.214 e. The third-order valence-electron chi connectivity index (χ3n) is 10.5. The Balaban J connectivity index is 0.000000189.